The molecule has 0 radical (unpaired) electrons. The highest BCUT2D eigenvalue weighted by Gasteiger charge is 2.33. The van der Waals surface area contributed by atoms with Crippen LogP contribution >= 0.6 is 11.8 Å². The van der Waals surface area contributed by atoms with E-state index in [1.165, 1.54) is 11.8 Å². The number of aryl methyl sites for hydroxylation is 1. The number of thioether (sulfide) groups is 1. The Morgan fingerprint density at radius 1 is 1.50 bits per heavy atom. The lowest BCUT2D eigenvalue weighted by molar-refractivity contribution is -0.129. The fraction of sp³-hybridized carbons (Fsp3) is 0.562. The molecule has 0 saturated heterocycles. The van der Waals surface area contributed by atoms with E-state index < -0.39 is 0 Å². The Morgan fingerprint density at radius 3 is 2.92 bits per heavy atom. The van der Waals surface area contributed by atoms with Gasteiger partial charge in [0.05, 0.1) is 12.3 Å². The highest BCUT2D eigenvalue weighted by molar-refractivity contribution is 7.99. The number of H-pyrrole nitrogens is 1. The van der Waals surface area contributed by atoms with Crippen LogP contribution in [0.25, 0.3) is 0 Å². The number of hydrogen-bond acceptors (Lipinski definition) is 5. The van der Waals surface area contributed by atoms with Gasteiger partial charge in [-0.1, -0.05) is 18.7 Å². The highest BCUT2D eigenvalue weighted by atomic mass is 32.2. The second kappa shape index (κ2) is 7.29. The summed E-state index contributed by atoms with van der Waals surface area (Å²) < 4.78 is 7.17. The first-order valence-electron chi connectivity index (χ1n) is 8.21. The highest BCUT2D eigenvalue weighted by Crippen LogP contribution is 2.30. The molecule has 3 rings (SSSR count). The van der Waals surface area contributed by atoms with Gasteiger partial charge in [0.1, 0.15) is 11.5 Å². The predicted molar refractivity (Wildman–Crippen MR) is 90.9 cm³/mol. The number of nitrogens with zero attached hydrogens (tertiary/aromatic N) is 3. The van der Waals surface area contributed by atoms with E-state index in [1.807, 2.05) is 30.9 Å². The molecular weight excluding hydrogens is 328 g/mol. The summed E-state index contributed by atoms with van der Waals surface area (Å²) in [7, 11) is 0. The molecule has 1 amide bonds. The Morgan fingerprint density at radius 2 is 2.29 bits per heavy atom. The second-order valence-corrected chi connectivity index (χ2v) is 6.96. The van der Waals surface area contributed by atoms with Gasteiger partial charge >= 0.3 is 5.69 Å². The van der Waals surface area contributed by atoms with Crippen molar-refractivity contribution in [3.05, 3.63) is 34.1 Å². The van der Waals surface area contributed by atoms with E-state index in [2.05, 4.69) is 10.2 Å². The maximum atomic E-state index is 12.6. The van der Waals surface area contributed by atoms with E-state index in [-0.39, 0.29) is 17.3 Å². The molecule has 0 unspecified atom stereocenters. The summed E-state index contributed by atoms with van der Waals surface area (Å²) in [6, 6.07) is 4.13. The zero-order chi connectivity index (χ0) is 17.1. The quantitative estimate of drug-likeness (QED) is 0.738. The van der Waals surface area contributed by atoms with Gasteiger partial charge < -0.3 is 9.32 Å². The summed E-state index contributed by atoms with van der Waals surface area (Å²) in [5.41, 5.74) is -0.225. The van der Waals surface area contributed by atoms with Crippen LogP contribution < -0.4 is 5.69 Å². The molecule has 2 aromatic heterocycles. The van der Waals surface area contributed by atoms with Crippen molar-refractivity contribution >= 4 is 17.7 Å². The van der Waals surface area contributed by atoms with Gasteiger partial charge in [-0.2, -0.15) is 0 Å². The first-order chi connectivity index (χ1) is 11.6. The summed E-state index contributed by atoms with van der Waals surface area (Å²) in [5.74, 6) is 1.97. The number of nitrogens with one attached hydrogen (secondary N) is 1. The number of aromatic amines is 1. The molecule has 1 aliphatic rings. The molecule has 1 saturated carbocycles. The van der Waals surface area contributed by atoms with Gasteiger partial charge in [0.15, 0.2) is 5.16 Å². The summed E-state index contributed by atoms with van der Waals surface area (Å²) in [5, 5.41) is 7.03. The minimum absolute atomic E-state index is 0.0510. The molecule has 0 aromatic carbocycles. The number of carbonyl (C=O) groups is 1. The molecule has 2 heterocycles. The standard InChI is InChI=1S/C16H22N4O3S/c1-3-8-19-15(22)17-18-16(19)24-10-14(21)20(12-5-6-12)9-13-7-4-11(2)23-13/h4,7,12H,3,5-6,8-10H2,1-2H3,(H,17,22). The topological polar surface area (TPSA) is 84.1 Å². The largest absolute Gasteiger partial charge is 0.464 e. The van der Waals surface area contributed by atoms with Crippen LogP contribution in [0.15, 0.2) is 26.5 Å². The van der Waals surface area contributed by atoms with Crippen LogP contribution in [0.3, 0.4) is 0 Å². The second-order valence-electron chi connectivity index (χ2n) is 6.02. The zero-order valence-electron chi connectivity index (χ0n) is 13.9. The van der Waals surface area contributed by atoms with E-state index in [0.29, 0.717) is 24.3 Å². The number of rotatable bonds is 8. The lowest BCUT2D eigenvalue weighted by atomic mass is 10.3. The summed E-state index contributed by atoms with van der Waals surface area (Å²) >= 11 is 1.30. The third-order valence-corrected chi connectivity index (χ3v) is 4.89. The van der Waals surface area contributed by atoms with Crippen LogP contribution in [0.1, 0.15) is 37.7 Å². The molecule has 130 valence electrons. The van der Waals surface area contributed by atoms with Gasteiger partial charge in [-0.15, -0.1) is 5.10 Å². The molecule has 1 fully saturated rings. The van der Waals surface area contributed by atoms with Crippen molar-refractivity contribution in [2.45, 2.75) is 57.4 Å². The number of carbonyl (C=O) groups excluding carboxylic acids is 1. The van der Waals surface area contributed by atoms with Crippen molar-refractivity contribution in [3.8, 4) is 0 Å². The Balaban J connectivity index is 1.63. The van der Waals surface area contributed by atoms with Crippen LogP contribution in [0.4, 0.5) is 0 Å². The van der Waals surface area contributed by atoms with Gasteiger partial charge in [0.2, 0.25) is 5.91 Å². The molecule has 0 spiro atoms. The zero-order valence-corrected chi connectivity index (χ0v) is 14.8. The van der Waals surface area contributed by atoms with Crippen LogP contribution in [-0.2, 0) is 17.9 Å². The van der Waals surface area contributed by atoms with E-state index in [1.54, 1.807) is 4.57 Å². The van der Waals surface area contributed by atoms with E-state index in [0.717, 1.165) is 30.8 Å². The van der Waals surface area contributed by atoms with Crippen molar-refractivity contribution < 1.29 is 9.21 Å². The van der Waals surface area contributed by atoms with E-state index in [9.17, 15) is 9.59 Å². The van der Waals surface area contributed by atoms with Crippen LogP contribution in [0.5, 0.6) is 0 Å². The molecule has 2 aromatic rings. The first kappa shape index (κ1) is 16.9. The number of hydrogen-bond donors (Lipinski definition) is 1. The smallest absolute Gasteiger partial charge is 0.343 e. The maximum Gasteiger partial charge on any atom is 0.343 e. The molecule has 7 nitrogen and oxygen atoms in total. The lowest BCUT2D eigenvalue weighted by Gasteiger charge is -2.21. The third-order valence-electron chi connectivity index (χ3n) is 3.93. The molecule has 0 bridgehead atoms. The predicted octanol–water partition coefficient (Wildman–Crippen LogP) is 2.17. The van der Waals surface area contributed by atoms with Crippen molar-refractivity contribution in [1.29, 1.82) is 0 Å². The first-order valence-corrected chi connectivity index (χ1v) is 9.19. The van der Waals surface area contributed by atoms with Gasteiger partial charge in [0.25, 0.3) is 0 Å². The number of furan rings is 1. The normalized spacial score (nSPS) is 14.1. The fourth-order valence-corrected chi connectivity index (χ4v) is 3.45. The van der Waals surface area contributed by atoms with E-state index >= 15 is 0 Å². The third kappa shape index (κ3) is 3.92. The van der Waals surface area contributed by atoms with Crippen molar-refractivity contribution in [1.82, 2.24) is 19.7 Å². The summed E-state index contributed by atoms with van der Waals surface area (Å²) in [4.78, 5) is 26.2. The maximum absolute atomic E-state index is 12.6. The molecule has 1 N–H and O–H groups in total. The number of amides is 1. The lowest BCUT2D eigenvalue weighted by Crippen LogP contribution is -2.34. The molecule has 24 heavy (non-hydrogen) atoms. The van der Waals surface area contributed by atoms with Gasteiger partial charge in [0, 0.05) is 12.6 Å². The average molecular weight is 350 g/mol. The Labute approximate surface area is 144 Å². The summed E-state index contributed by atoms with van der Waals surface area (Å²) in [6.07, 6.45) is 2.92. The molecule has 0 atom stereocenters. The van der Waals surface area contributed by atoms with Gasteiger partial charge in [-0.3, -0.25) is 9.36 Å². The van der Waals surface area contributed by atoms with Crippen molar-refractivity contribution in [2.24, 2.45) is 0 Å². The minimum atomic E-state index is -0.225. The SMILES string of the molecule is CCCn1c(SCC(=O)N(Cc2ccc(C)o2)C2CC2)n[nH]c1=O. The van der Waals surface area contributed by atoms with Gasteiger partial charge in [-0.25, -0.2) is 9.89 Å². The van der Waals surface area contributed by atoms with Crippen LogP contribution in [-0.4, -0.2) is 37.4 Å². The minimum Gasteiger partial charge on any atom is -0.464 e. The van der Waals surface area contributed by atoms with E-state index in [4.69, 9.17) is 4.42 Å². The van der Waals surface area contributed by atoms with Crippen LogP contribution in [0.2, 0.25) is 0 Å². The molecule has 1 aliphatic carbocycles. The fourth-order valence-electron chi connectivity index (χ4n) is 2.59. The van der Waals surface area contributed by atoms with Crippen molar-refractivity contribution in [2.75, 3.05) is 5.75 Å². The Hall–Kier alpha value is -1.96. The molecule has 0 aliphatic heterocycles. The monoisotopic (exact) mass is 350 g/mol. The Kier molecular flexibility index (Phi) is 5.13. The average Bonchev–Trinajstić information content (AvgIpc) is 3.23. The summed E-state index contributed by atoms with van der Waals surface area (Å²) in [6.45, 7) is 5.00. The molecular formula is C16H22N4O3S. The number of aromatic nitrogens is 3. The van der Waals surface area contributed by atoms with Gasteiger partial charge in [-0.05, 0) is 38.3 Å². The molecule has 8 heteroatoms. The Bertz CT molecular complexity index is 759. The van der Waals surface area contributed by atoms with Crippen LogP contribution in [0, 0.1) is 6.92 Å². The van der Waals surface area contributed by atoms with Crippen molar-refractivity contribution in [3.63, 3.8) is 0 Å².